The molecule has 1 unspecified atom stereocenters. The van der Waals surface area contributed by atoms with Gasteiger partial charge < -0.3 is 14.8 Å². The number of alkyl carbamates (subject to hydrolysis) is 1. The van der Waals surface area contributed by atoms with E-state index in [9.17, 15) is 26.4 Å². The number of carbonyl (C=O) groups excluding carboxylic acids is 1. The zero-order valence-electron chi connectivity index (χ0n) is 17.7. The molecule has 7 nitrogen and oxygen atoms in total. The molecule has 0 bridgehead atoms. The van der Waals surface area contributed by atoms with Gasteiger partial charge in [-0.15, -0.1) is 13.2 Å². The number of sulfonamides is 1. The molecular formula is C20H21Cl2F3N2O5S. The third-order valence-corrected chi connectivity index (χ3v) is 6.09. The topological polar surface area (TPSA) is 93.7 Å². The molecule has 13 heteroatoms. The van der Waals surface area contributed by atoms with E-state index in [1.807, 2.05) is 0 Å². The van der Waals surface area contributed by atoms with E-state index >= 15 is 0 Å². The summed E-state index contributed by atoms with van der Waals surface area (Å²) in [6.45, 7) is 4.77. The highest BCUT2D eigenvalue weighted by Crippen LogP contribution is 2.28. The SMILES string of the molecule is CC(C)(C)OC(=O)NCC(NS(=O)(=O)c1ccc(OC(F)(F)F)cc1)c1ccc(Cl)c(Cl)c1. The molecule has 0 aliphatic rings. The monoisotopic (exact) mass is 528 g/mol. The van der Waals surface area contributed by atoms with Gasteiger partial charge in [-0.2, -0.15) is 0 Å². The molecule has 2 aromatic carbocycles. The summed E-state index contributed by atoms with van der Waals surface area (Å²) < 4.78 is 74.0. The molecule has 0 aromatic heterocycles. The van der Waals surface area contributed by atoms with E-state index in [4.69, 9.17) is 27.9 Å². The van der Waals surface area contributed by atoms with Crippen LogP contribution in [-0.2, 0) is 14.8 Å². The van der Waals surface area contributed by atoms with Crippen LogP contribution in [0, 0.1) is 0 Å². The number of halogens is 5. The van der Waals surface area contributed by atoms with Crippen molar-refractivity contribution in [1.82, 2.24) is 10.0 Å². The van der Waals surface area contributed by atoms with E-state index in [1.54, 1.807) is 20.8 Å². The molecule has 0 saturated carbocycles. The van der Waals surface area contributed by atoms with Gasteiger partial charge in [-0.25, -0.2) is 17.9 Å². The molecule has 1 amide bonds. The van der Waals surface area contributed by atoms with Crippen LogP contribution in [0.4, 0.5) is 18.0 Å². The Kier molecular flexibility index (Phi) is 8.50. The minimum atomic E-state index is -4.91. The van der Waals surface area contributed by atoms with Crippen molar-refractivity contribution in [2.45, 2.75) is 43.7 Å². The number of benzene rings is 2. The van der Waals surface area contributed by atoms with E-state index in [-0.39, 0.29) is 21.5 Å². The normalized spacial score (nSPS) is 13.3. The molecule has 0 aliphatic carbocycles. The van der Waals surface area contributed by atoms with E-state index in [1.165, 1.54) is 18.2 Å². The van der Waals surface area contributed by atoms with Gasteiger partial charge in [0.15, 0.2) is 0 Å². The molecule has 0 fully saturated rings. The molecule has 0 spiro atoms. The third kappa shape index (κ3) is 8.92. The fraction of sp³-hybridized carbons (Fsp3) is 0.350. The van der Waals surface area contributed by atoms with Gasteiger partial charge in [0, 0.05) is 6.54 Å². The largest absolute Gasteiger partial charge is 0.573 e. The maximum Gasteiger partial charge on any atom is 0.573 e. The van der Waals surface area contributed by atoms with Crippen molar-refractivity contribution in [3.05, 3.63) is 58.1 Å². The minimum absolute atomic E-state index is 0.157. The fourth-order valence-electron chi connectivity index (χ4n) is 2.53. The molecule has 0 radical (unpaired) electrons. The Balaban J connectivity index is 2.26. The lowest BCUT2D eigenvalue weighted by Crippen LogP contribution is -2.40. The zero-order chi connectivity index (χ0) is 25.0. The number of ether oxygens (including phenoxy) is 2. The standard InChI is InChI=1S/C20H21Cl2F3N2O5S/c1-19(2,3)32-18(28)26-11-17(12-4-9-15(21)16(22)10-12)27-33(29,30)14-7-5-13(6-8-14)31-20(23,24)25/h4-10,17,27H,11H2,1-3H3,(H,26,28). The average Bonchev–Trinajstić information content (AvgIpc) is 2.65. The second kappa shape index (κ2) is 10.4. The highest BCUT2D eigenvalue weighted by atomic mass is 35.5. The summed E-state index contributed by atoms with van der Waals surface area (Å²) in [4.78, 5) is 11.7. The smallest absolute Gasteiger partial charge is 0.444 e. The summed E-state index contributed by atoms with van der Waals surface area (Å²) in [5.74, 6) is -0.575. The van der Waals surface area contributed by atoms with Gasteiger partial charge in [0.25, 0.3) is 0 Å². The van der Waals surface area contributed by atoms with Gasteiger partial charge in [-0.05, 0) is 62.7 Å². The summed E-state index contributed by atoms with van der Waals surface area (Å²) in [6, 6.07) is 7.03. The van der Waals surface area contributed by atoms with E-state index in [0.717, 1.165) is 24.3 Å². The van der Waals surface area contributed by atoms with E-state index in [2.05, 4.69) is 14.8 Å². The lowest BCUT2D eigenvalue weighted by atomic mass is 10.1. The fourth-order valence-corrected chi connectivity index (χ4v) is 4.06. The highest BCUT2D eigenvalue weighted by molar-refractivity contribution is 7.89. The molecule has 182 valence electrons. The summed E-state index contributed by atoms with van der Waals surface area (Å²) in [6.07, 6.45) is -5.69. The minimum Gasteiger partial charge on any atom is -0.444 e. The molecule has 0 aliphatic heterocycles. The average molecular weight is 529 g/mol. The van der Waals surface area contributed by atoms with Crippen molar-refractivity contribution >= 4 is 39.3 Å². The zero-order valence-corrected chi connectivity index (χ0v) is 20.0. The predicted octanol–water partition coefficient (Wildman–Crippen LogP) is 5.44. The van der Waals surface area contributed by atoms with Crippen molar-refractivity contribution in [3.8, 4) is 5.75 Å². The molecule has 0 heterocycles. The van der Waals surface area contributed by atoms with Crippen molar-refractivity contribution in [2.75, 3.05) is 6.54 Å². The van der Waals surface area contributed by atoms with Gasteiger partial charge >= 0.3 is 12.5 Å². The molecular weight excluding hydrogens is 508 g/mol. The van der Waals surface area contributed by atoms with Crippen molar-refractivity contribution in [3.63, 3.8) is 0 Å². The number of nitrogens with one attached hydrogen (secondary N) is 2. The van der Waals surface area contributed by atoms with Gasteiger partial charge in [0.05, 0.1) is 21.0 Å². The Morgan fingerprint density at radius 3 is 2.15 bits per heavy atom. The number of carbonyl (C=O) groups is 1. The first-order chi connectivity index (χ1) is 15.1. The molecule has 1 atom stereocenters. The Morgan fingerprint density at radius 1 is 1.03 bits per heavy atom. The Bertz CT molecular complexity index is 1090. The van der Waals surface area contributed by atoms with Crippen molar-refractivity contribution in [2.24, 2.45) is 0 Å². The second-order valence-electron chi connectivity index (χ2n) is 7.75. The quantitative estimate of drug-likeness (QED) is 0.499. The highest BCUT2D eigenvalue weighted by Gasteiger charge is 2.31. The van der Waals surface area contributed by atoms with Crippen molar-refractivity contribution < 1.29 is 35.9 Å². The Hall–Kier alpha value is -2.21. The number of amides is 1. The summed E-state index contributed by atoms with van der Waals surface area (Å²) in [5.41, 5.74) is -0.399. The second-order valence-corrected chi connectivity index (χ2v) is 10.3. The molecule has 2 N–H and O–H groups in total. The molecule has 33 heavy (non-hydrogen) atoms. The summed E-state index contributed by atoms with van der Waals surface area (Å²) in [5, 5.41) is 2.87. The van der Waals surface area contributed by atoms with Gasteiger partial charge in [-0.3, -0.25) is 0 Å². The van der Waals surface area contributed by atoms with Crippen LogP contribution in [0.5, 0.6) is 5.75 Å². The van der Waals surface area contributed by atoms with E-state index < -0.39 is 39.9 Å². The predicted molar refractivity (Wildman–Crippen MR) is 117 cm³/mol. The van der Waals surface area contributed by atoms with Crippen LogP contribution in [0.1, 0.15) is 32.4 Å². The number of alkyl halides is 3. The molecule has 0 saturated heterocycles. The van der Waals surface area contributed by atoms with Gasteiger partial charge in [-0.1, -0.05) is 29.3 Å². The van der Waals surface area contributed by atoms with Crippen LogP contribution in [0.2, 0.25) is 10.0 Å². The number of rotatable bonds is 7. The Morgan fingerprint density at radius 2 is 1.64 bits per heavy atom. The van der Waals surface area contributed by atoms with Crippen LogP contribution in [0.3, 0.4) is 0 Å². The van der Waals surface area contributed by atoms with E-state index in [0.29, 0.717) is 5.56 Å². The van der Waals surface area contributed by atoms with Crippen LogP contribution in [-0.4, -0.2) is 33.0 Å². The first-order valence-electron chi connectivity index (χ1n) is 9.36. The maximum atomic E-state index is 12.9. The van der Waals surface area contributed by atoms with Gasteiger partial charge in [0.1, 0.15) is 11.4 Å². The summed E-state index contributed by atoms with van der Waals surface area (Å²) >= 11 is 12.0. The van der Waals surface area contributed by atoms with Crippen LogP contribution < -0.4 is 14.8 Å². The van der Waals surface area contributed by atoms with Crippen LogP contribution in [0.25, 0.3) is 0 Å². The van der Waals surface area contributed by atoms with Crippen molar-refractivity contribution in [1.29, 1.82) is 0 Å². The summed E-state index contributed by atoms with van der Waals surface area (Å²) in [7, 11) is -4.23. The first kappa shape index (κ1) is 27.0. The van der Waals surface area contributed by atoms with Gasteiger partial charge in [0.2, 0.25) is 10.0 Å². The first-order valence-corrected chi connectivity index (χ1v) is 11.6. The van der Waals surface area contributed by atoms with Crippen LogP contribution >= 0.6 is 23.2 Å². The number of hydrogen-bond donors (Lipinski definition) is 2. The number of hydrogen-bond acceptors (Lipinski definition) is 5. The van der Waals surface area contributed by atoms with Crippen LogP contribution in [0.15, 0.2) is 47.4 Å². The molecule has 2 aromatic rings. The Labute approximate surface area is 199 Å². The lowest BCUT2D eigenvalue weighted by Gasteiger charge is -2.23. The molecule has 2 rings (SSSR count). The lowest BCUT2D eigenvalue weighted by molar-refractivity contribution is -0.274. The maximum absolute atomic E-state index is 12.9. The third-order valence-electron chi connectivity index (χ3n) is 3.86.